The summed E-state index contributed by atoms with van der Waals surface area (Å²) < 4.78 is 24.1. The van der Waals surface area contributed by atoms with Crippen LogP contribution in [0.4, 0.5) is 0 Å². The van der Waals surface area contributed by atoms with Crippen LogP contribution in [0.25, 0.3) is 0 Å². The Hall–Kier alpha value is -2.00. The molecule has 1 saturated heterocycles. The lowest BCUT2D eigenvalue weighted by Crippen LogP contribution is -2.50. The molecule has 1 amide bonds. The number of pyridine rings is 1. The number of nitrogens with zero attached hydrogens (tertiary/aromatic N) is 3. The molecule has 0 bridgehead atoms. The van der Waals surface area contributed by atoms with E-state index in [9.17, 15) is 18.0 Å². The van der Waals surface area contributed by atoms with Crippen LogP contribution < -0.4 is 0 Å². The van der Waals surface area contributed by atoms with Crippen molar-refractivity contribution in [2.45, 2.75) is 0 Å². The van der Waals surface area contributed by atoms with Crippen LogP contribution in [0.5, 0.6) is 0 Å². The standard InChI is InChI=1S/C12H15N3O5S/c1-21(19,20)15-6-4-14(5-7-15)11(16)9-2-3-10(12(17)18)13-8-9/h2-3,8H,4-7H2,1H3,(H,17,18). The summed E-state index contributed by atoms with van der Waals surface area (Å²) in [5.41, 5.74) is 0.154. The van der Waals surface area contributed by atoms with Gasteiger partial charge in [0.05, 0.1) is 11.8 Å². The predicted octanol–water partition coefficient (Wildman–Crippen LogP) is -0.503. The van der Waals surface area contributed by atoms with Crippen LogP contribution in [-0.2, 0) is 10.0 Å². The summed E-state index contributed by atoms with van der Waals surface area (Å²) in [4.78, 5) is 28.1. The third-order valence-corrected chi connectivity index (χ3v) is 4.53. The average Bonchev–Trinajstić information content (AvgIpc) is 2.46. The maximum atomic E-state index is 12.2. The van der Waals surface area contributed by atoms with Crippen LogP contribution in [-0.4, -0.2) is 72.0 Å². The second-order valence-electron chi connectivity index (χ2n) is 4.69. The average molecular weight is 313 g/mol. The second kappa shape index (κ2) is 5.78. The van der Waals surface area contributed by atoms with Crippen molar-refractivity contribution in [1.82, 2.24) is 14.2 Å². The molecule has 0 saturated carbocycles. The maximum absolute atomic E-state index is 12.2. The number of aromatic carboxylic acids is 1. The summed E-state index contributed by atoms with van der Waals surface area (Å²) in [6.45, 7) is 1.11. The van der Waals surface area contributed by atoms with Crippen LogP contribution in [0.3, 0.4) is 0 Å². The predicted molar refractivity (Wildman–Crippen MR) is 73.5 cm³/mol. The Bertz CT molecular complexity index is 648. The van der Waals surface area contributed by atoms with Crippen molar-refractivity contribution in [1.29, 1.82) is 0 Å². The molecule has 1 aliphatic rings. The molecular weight excluding hydrogens is 298 g/mol. The van der Waals surface area contributed by atoms with E-state index >= 15 is 0 Å². The first-order valence-corrected chi connectivity index (χ1v) is 8.07. The van der Waals surface area contributed by atoms with Crippen molar-refractivity contribution in [2.24, 2.45) is 0 Å². The van der Waals surface area contributed by atoms with Gasteiger partial charge in [0.2, 0.25) is 10.0 Å². The molecule has 0 radical (unpaired) electrons. The third kappa shape index (κ3) is 3.56. The zero-order valence-corrected chi connectivity index (χ0v) is 12.2. The van der Waals surface area contributed by atoms with Gasteiger partial charge in [-0.15, -0.1) is 0 Å². The van der Waals surface area contributed by atoms with Crippen molar-refractivity contribution < 1.29 is 23.1 Å². The fourth-order valence-electron chi connectivity index (χ4n) is 2.05. The number of rotatable bonds is 3. The number of carbonyl (C=O) groups excluding carboxylic acids is 1. The molecule has 1 aromatic rings. The molecule has 0 aliphatic carbocycles. The number of piperazine rings is 1. The highest BCUT2D eigenvalue weighted by Gasteiger charge is 2.26. The van der Waals surface area contributed by atoms with E-state index in [0.29, 0.717) is 13.1 Å². The lowest BCUT2D eigenvalue weighted by Gasteiger charge is -2.33. The maximum Gasteiger partial charge on any atom is 0.354 e. The van der Waals surface area contributed by atoms with Crippen LogP contribution in [0.2, 0.25) is 0 Å². The summed E-state index contributed by atoms with van der Waals surface area (Å²) in [6, 6.07) is 2.67. The number of carboxylic acids is 1. The number of hydrogen-bond acceptors (Lipinski definition) is 5. The number of sulfonamides is 1. The monoisotopic (exact) mass is 313 g/mol. The van der Waals surface area contributed by atoms with Gasteiger partial charge in [0.25, 0.3) is 5.91 Å². The second-order valence-corrected chi connectivity index (χ2v) is 6.67. The molecular formula is C12H15N3O5S. The summed E-state index contributed by atoms with van der Waals surface area (Å²) in [5.74, 6) is -1.44. The van der Waals surface area contributed by atoms with Gasteiger partial charge >= 0.3 is 5.97 Å². The summed E-state index contributed by atoms with van der Waals surface area (Å²) in [5, 5.41) is 8.75. The normalized spacial score (nSPS) is 16.7. The topological polar surface area (TPSA) is 108 Å². The molecule has 0 unspecified atom stereocenters. The Kier molecular flexibility index (Phi) is 4.24. The summed E-state index contributed by atoms with van der Waals surface area (Å²) in [7, 11) is -3.24. The van der Waals surface area contributed by atoms with Gasteiger partial charge in [0.15, 0.2) is 0 Å². The molecule has 2 rings (SSSR count). The van der Waals surface area contributed by atoms with E-state index in [1.165, 1.54) is 27.5 Å². The minimum Gasteiger partial charge on any atom is -0.477 e. The largest absolute Gasteiger partial charge is 0.477 e. The smallest absolute Gasteiger partial charge is 0.354 e. The number of carboxylic acid groups (broad SMARTS) is 1. The van der Waals surface area contributed by atoms with Gasteiger partial charge in [-0.25, -0.2) is 18.2 Å². The van der Waals surface area contributed by atoms with Gasteiger partial charge in [-0.2, -0.15) is 4.31 Å². The fourth-order valence-corrected chi connectivity index (χ4v) is 2.88. The lowest BCUT2D eigenvalue weighted by molar-refractivity contribution is 0.0679. The minimum absolute atomic E-state index is 0.131. The van der Waals surface area contributed by atoms with Crippen LogP contribution in [0, 0.1) is 0 Å². The molecule has 1 N–H and O–H groups in total. The quantitative estimate of drug-likeness (QED) is 0.806. The number of aromatic nitrogens is 1. The van der Waals surface area contributed by atoms with E-state index in [0.717, 1.165) is 6.26 Å². The van der Waals surface area contributed by atoms with Crippen molar-refractivity contribution in [3.8, 4) is 0 Å². The highest BCUT2D eigenvalue weighted by atomic mass is 32.2. The number of carbonyl (C=O) groups is 2. The highest BCUT2D eigenvalue weighted by molar-refractivity contribution is 7.88. The van der Waals surface area contributed by atoms with Crippen LogP contribution in [0.1, 0.15) is 20.8 Å². The fraction of sp³-hybridized carbons (Fsp3) is 0.417. The van der Waals surface area contributed by atoms with E-state index in [4.69, 9.17) is 5.11 Å². The van der Waals surface area contributed by atoms with Crippen LogP contribution in [0.15, 0.2) is 18.3 Å². The van der Waals surface area contributed by atoms with E-state index in [-0.39, 0.29) is 30.3 Å². The molecule has 21 heavy (non-hydrogen) atoms. The molecule has 9 heteroatoms. The first-order chi connectivity index (χ1) is 9.79. The van der Waals surface area contributed by atoms with Gasteiger partial charge in [-0.1, -0.05) is 0 Å². The SMILES string of the molecule is CS(=O)(=O)N1CCN(C(=O)c2ccc(C(=O)O)nc2)CC1. The van der Waals surface area contributed by atoms with E-state index in [2.05, 4.69) is 4.98 Å². The van der Waals surface area contributed by atoms with Crippen molar-refractivity contribution in [2.75, 3.05) is 32.4 Å². The Labute approximate surface area is 122 Å². The number of hydrogen-bond donors (Lipinski definition) is 1. The minimum atomic E-state index is -3.24. The first kappa shape index (κ1) is 15.4. The molecule has 2 heterocycles. The molecule has 0 spiro atoms. The lowest BCUT2D eigenvalue weighted by atomic mass is 10.2. The van der Waals surface area contributed by atoms with Gasteiger partial charge in [-0.3, -0.25) is 4.79 Å². The van der Waals surface area contributed by atoms with Gasteiger partial charge in [0, 0.05) is 32.4 Å². The van der Waals surface area contributed by atoms with Gasteiger partial charge in [0.1, 0.15) is 5.69 Å². The Morgan fingerprint density at radius 3 is 2.24 bits per heavy atom. The van der Waals surface area contributed by atoms with E-state index in [1.807, 2.05) is 0 Å². The Morgan fingerprint density at radius 1 is 1.19 bits per heavy atom. The molecule has 0 atom stereocenters. The first-order valence-electron chi connectivity index (χ1n) is 6.23. The zero-order valence-electron chi connectivity index (χ0n) is 11.4. The van der Waals surface area contributed by atoms with Crippen molar-refractivity contribution >= 4 is 21.9 Å². The third-order valence-electron chi connectivity index (χ3n) is 3.22. The molecule has 0 aromatic carbocycles. The summed E-state index contributed by atoms with van der Waals surface area (Å²) in [6.07, 6.45) is 2.35. The molecule has 8 nitrogen and oxygen atoms in total. The molecule has 114 valence electrons. The zero-order chi connectivity index (χ0) is 15.6. The van der Waals surface area contributed by atoms with E-state index in [1.54, 1.807) is 0 Å². The van der Waals surface area contributed by atoms with Crippen LogP contribution >= 0.6 is 0 Å². The Morgan fingerprint density at radius 2 is 1.81 bits per heavy atom. The molecule has 1 aromatic heterocycles. The van der Waals surface area contributed by atoms with Gasteiger partial charge in [-0.05, 0) is 12.1 Å². The molecule has 1 fully saturated rings. The van der Waals surface area contributed by atoms with Crippen molar-refractivity contribution in [3.63, 3.8) is 0 Å². The van der Waals surface area contributed by atoms with E-state index < -0.39 is 16.0 Å². The summed E-state index contributed by atoms with van der Waals surface area (Å²) >= 11 is 0. The van der Waals surface area contributed by atoms with Gasteiger partial charge < -0.3 is 10.0 Å². The molecule has 1 aliphatic heterocycles. The Balaban J connectivity index is 2.03. The van der Waals surface area contributed by atoms with Crippen molar-refractivity contribution in [3.05, 3.63) is 29.6 Å². The number of amides is 1. The highest BCUT2D eigenvalue weighted by Crippen LogP contribution is 2.10.